The fourth-order valence-corrected chi connectivity index (χ4v) is 2.40. The van der Waals surface area contributed by atoms with E-state index in [1.807, 2.05) is 36.5 Å². The fourth-order valence-electron chi connectivity index (χ4n) is 2.40. The van der Waals surface area contributed by atoms with E-state index in [2.05, 4.69) is 4.98 Å². The van der Waals surface area contributed by atoms with Crippen LogP contribution in [0.1, 0.15) is 16.8 Å². The molecule has 3 aromatic rings. The molecule has 0 aliphatic rings. The Morgan fingerprint density at radius 1 is 0.955 bits per heavy atom. The normalized spacial score (nSPS) is 10.8. The highest BCUT2D eigenvalue weighted by molar-refractivity contribution is 5.29. The number of hydrogen-bond acceptors (Lipinski definition) is 2. The summed E-state index contributed by atoms with van der Waals surface area (Å²) in [5.41, 5.74) is 8.34. The fraction of sp³-hybridized carbons (Fsp3) is 0.118. The second-order valence-electron chi connectivity index (χ2n) is 5.16. The number of imidazole rings is 1. The van der Waals surface area contributed by atoms with Crippen molar-refractivity contribution in [3.63, 3.8) is 0 Å². The zero-order chi connectivity index (χ0) is 15.5. The van der Waals surface area contributed by atoms with Gasteiger partial charge in [-0.1, -0.05) is 30.3 Å². The van der Waals surface area contributed by atoms with Crippen LogP contribution in [-0.2, 0) is 13.0 Å². The number of anilines is 1. The van der Waals surface area contributed by atoms with Crippen molar-refractivity contribution < 1.29 is 8.78 Å². The van der Waals surface area contributed by atoms with Gasteiger partial charge >= 0.3 is 0 Å². The molecule has 1 aromatic heterocycles. The zero-order valence-corrected chi connectivity index (χ0v) is 11.8. The molecule has 0 unspecified atom stereocenters. The van der Waals surface area contributed by atoms with Crippen LogP contribution < -0.4 is 5.73 Å². The third-order valence-corrected chi connectivity index (χ3v) is 3.36. The summed E-state index contributed by atoms with van der Waals surface area (Å²) in [6.07, 6.45) is 2.47. The number of rotatable bonds is 4. The first-order valence-corrected chi connectivity index (χ1v) is 6.90. The summed E-state index contributed by atoms with van der Waals surface area (Å²) in [5, 5.41) is 0. The molecule has 2 N–H and O–H groups in total. The molecule has 5 heteroatoms. The average Bonchev–Trinajstić information content (AvgIpc) is 2.78. The molecule has 112 valence electrons. The number of nitrogen functional groups attached to an aromatic ring is 1. The van der Waals surface area contributed by atoms with Gasteiger partial charge in [0.25, 0.3) is 0 Å². The molecule has 0 aliphatic carbocycles. The second-order valence-corrected chi connectivity index (χ2v) is 5.16. The quantitative estimate of drug-likeness (QED) is 0.802. The van der Waals surface area contributed by atoms with Gasteiger partial charge < -0.3 is 10.3 Å². The monoisotopic (exact) mass is 299 g/mol. The van der Waals surface area contributed by atoms with Crippen LogP contribution in [0.15, 0.2) is 54.7 Å². The van der Waals surface area contributed by atoms with E-state index in [0.29, 0.717) is 17.9 Å². The smallest absolute Gasteiger partial charge is 0.200 e. The zero-order valence-electron chi connectivity index (χ0n) is 11.8. The van der Waals surface area contributed by atoms with E-state index in [1.165, 1.54) is 12.1 Å². The van der Waals surface area contributed by atoms with Crippen LogP contribution in [0.4, 0.5) is 14.7 Å². The third-order valence-electron chi connectivity index (χ3n) is 3.36. The molecular weight excluding hydrogens is 284 g/mol. The largest absolute Gasteiger partial charge is 0.369 e. The van der Waals surface area contributed by atoms with E-state index in [1.54, 1.807) is 4.57 Å². The van der Waals surface area contributed by atoms with Crippen molar-refractivity contribution in [3.05, 3.63) is 83.2 Å². The van der Waals surface area contributed by atoms with Gasteiger partial charge in [0.15, 0.2) is 0 Å². The Labute approximate surface area is 127 Å². The van der Waals surface area contributed by atoms with Crippen LogP contribution in [0.25, 0.3) is 0 Å². The number of halogens is 2. The molecule has 1 heterocycles. The van der Waals surface area contributed by atoms with Gasteiger partial charge in [0.2, 0.25) is 5.95 Å². The summed E-state index contributed by atoms with van der Waals surface area (Å²) < 4.78 is 28.1. The maximum Gasteiger partial charge on any atom is 0.200 e. The molecule has 22 heavy (non-hydrogen) atoms. The molecule has 0 aliphatic heterocycles. The lowest BCUT2D eigenvalue weighted by molar-refractivity contribution is 0.577. The van der Waals surface area contributed by atoms with Crippen molar-refractivity contribution in [3.8, 4) is 0 Å². The minimum atomic E-state index is -0.599. The maximum atomic E-state index is 13.2. The summed E-state index contributed by atoms with van der Waals surface area (Å²) in [7, 11) is 0. The molecule has 2 aromatic carbocycles. The standard InChI is InChI=1S/C17H15F2N3/c18-14-6-13(7-15(19)9-14)10-22-11-16(21-17(22)20)8-12-4-2-1-3-5-12/h1-7,9,11H,8,10H2,(H2,20,21). The summed E-state index contributed by atoms with van der Waals surface area (Å²) in [4.78, 5) is 4.30. The van der Waals surface area contributed by atoms with Crippen LogP contribution >= 0.6 is 0 Å². The predicted octanol–water partition coefficient (Wildman–Crippen LogP) is 3.38. The summed E-state index contributed by atoms with van der Waals surface area (Å²) in [5.74, 6) is -0.869. The third kappa shape index (κ3) is 3.31. The summed E-state index contributed by atoms with van der Waals surface area (Å²) >= 11 is 0. The van der Waals surface area contributed by atoms with Crippen LogP contribution in [0.2, 0.25) is 0 Å². The van der Waals surface area contributed by atoms with E-state index in [9.17, 15) is 8.78 Å². The molecule has 0 radical (unpaired) electrons. The first-order valence-electron chi connectivity index (χ1n) is 6.90. The van der Waals surface area contributed by atoms with E-state index < -0.39 is 11.6 Å². The van der Waals surface area contributed by atoms with Crippen LogP contribution in [-0.4, -0.2) is 9.55 Å². The molecule has 0 atom stereocenters. The summed E-state index contributed by atoms with van der Waals surface area (Å²) in [6, 6.07) is 13.3. The molecule has 0 fully saturated rings. The van der Waals surface area contributed by atoms with Gasteiger partial charge in [-0.05, 0) is 23.3 Å². The van der Waals surface area contributed by atoms with E-state index in [0.717, 1.165) is 17.3 Å². The van der Waals surface area contributed by atoms with Crippen molar-refractivity contribution in [2.75, 3.05) is 5.73 Å². The van der Waals surface area contributed by atoms with Gasteiger partial charge in [-0.15, -0.1) is 0 Å². The van der Waals surface area contributed by atoms with Crippen molar-refractivity contribution in [1.82, 2.24) is 9.55 Å². The SMILES string of the molecule is Nc1nc(Cc2ccccc2)cn1Cc1cc(F)cc(F)c1. The van der Waals surface area contributed by atoms with Crippen LogP contribution in [0, 0.1) is 11.6 Å². The topological polar surface area (TPSA) is 43.8 Å². The van der Waals surface area contributed by atoms with Crippen LogP contribution in [0.5, 0.6) is 0 Å². The molecule has 0 amide bonds. The second kappa shape index (κ2) is 5.97. The Hall–Kier alpha value is -2.69. The van der Waals surface area contributed by atoms with Gasteiger partial charge in [-0.3, -0.25) is 0 Å². The first kappa shape index (κ1) is 14.3. The lowest BCUT2D eigenvalue weighted by Gasteiger charge is -2.05. The number of hydrogen-bond donors (Lipinski definition) is 1. The van der Waals surface area contributed by atoms with Gasteiger partial charge in [0.05, 0.1) is 12.2 Å². The minimum absolute atomic E-state index is 0.280. The molecule has 0 saturated heterocycles. The van der Waals surface area contributed by atoms with Crippen molar-refractivity contribution >= 4 is 5.95 Å². The van der Waals surface area contributed by atoms with Crippen molar-refractivity contribution in [1.29, 1.82) is 0 Å². The van der Waals surface area contributed by atoms with Gasteiger partial charge in [-0.25, -0.2) is 13.8 Å². The molecule has 0 spiro atoms. The number of nitrogens with zero attached hydrogens (tertiary/aromatic N) is 2. The number of aromatic nitrogens is 2. The lowest BCUT2D eigenvalue weighted by Crippen LogP contribution is -2.04. The Bertz CT molecular complexity index is 762. The molecular formula is C17H15F2N3. The average molecular weight is 299 g/mol. The maximum absolute atomic E-state index is 13.2. The molecule has 0 bridgehead atoms. The Kier molecular flexibility index (Phi) is 3.87. The van der Waals surface area contributed by atoms with Gasteiger partial charge in [0, 0.05) is 18.7 Å². The van der Waals surface area contributed by atoms with E-state index in [4.69, 9.17) is 5.73 Å². The Balaban J connectivity index is 1.80. The van der Waals surface area contributed by atoms with Crippen molar-refractivity contribution in [2.24, 2.45) is 0 Å². The number of benzene rings is 2. The Morgan fingerprint density at radius 3 is 2.32 bits per heavy atom. The molecule has 3 nitrogen and oxygen atoms in total. The Morgan fingerprint density at radius 2 is 1.64 bits per heavy atom. The van der Waals surface area contributed by atoms with Gasteiger partial charge in [-0.2, -0.15) is 0 Å². The van der Waals surface area contributed by atoms with E-state index >= 15 is 0 Å². The predicted molar refractivity (Wildman–Crippen MR) is 81.3 cm³/mol. The van der Waals surface area contributed by atoms with Gasteiger partial charge in [0.1, 0.15) is 11.6 Å². The van der Waals surface area contributed by atoms with Crippen LogP contribution in [0.3, 0.4) is 0 Å². The highest BCUT2D eigenvalue weighted by atomic mass is 19.1. The lowest BCUT2D eigenvalue weighted by atomic mass is 10.1. The minimum Gasteiger partial charge on any atom is -0.369 e. The highest BCUT2D eigenvalue weighted by Crippen LogP contribution is 2.15. The number of nitrogens with two attached hydrogens (primary N) is 1. The highest BCUT2D eigenvalue weighted by Gasteiger charge is 2.08. The van der Waals surface area contributed by atoms with E-state index in [-0.39, 0.29) is 6.54 Å². The molecule has 0 saturated carbocycles. The van der Waals surface area contributed by atoms with Crippen molar-refractivity contribution in [2.45, 2.75) is 13.0 Å². The summed E-state index contributed by atoms with van der Waals surface area (Å²) in [6.45, 7) is 0.280. The first-order chi connectivity index (χ1) is 10.6. The molecule has 3 rings (SSSR count).